The van der Waals surface area contributed by atoms with Crippen LogP contribution in [0.1, 0.15) is 50.2 Å². The van der Waals surface area contributed by atoms with Gasteiger partial charge in [0, 0.05) is 29.9 Å². The number of rotatable bonds is 1. The number of benzene rings is 1. The Labute approximate surface area is 153 Å². The number of hydrogen-bond donors (Lipinski definition) is 0. The van der Waals surface area contributed by atoms with Crippen molar-refractivity contribution in [3.05, 3.63) is 53.2 Å². The molecule has 0 fully saturated rings. The molecule has 0 bridgehead atoms. The van der Waals surface area contributed by atoms with Crippen LogP contribution in [0.4, 0.5) is 0 Å². The van der Waals surface area contributed by atoms with Crippen LogP contribution >= 0.6 is 0 Å². The number of ketones is 2. The van der Waals surface area contributed by atoms with Crippen LogP contribution in [0, 0.1) is 11.3 Å². The first-order valence-electron chi connectivity index (χ1n) is 9.08. The van der Waals surface area contributed by atoms with E-state index in [1.54, 1.807) is 0 Å². The first-order valence-corrected chi connectivity index (χ1v) is 9.08. The molecule has 0 N–H and O–H groups in total. The molecule has 1 heterocycles. The van der Waals surface area contributed by atoms with Gasteiger partial charge in [-0.05, 0) is 18.4 Å². The van der Waals surface area contributed by atoms with E-state index in [1.807, 2.05) is 68.9 Å². The summed E-state index contributed by atoms with van der Waals surface area (Å²) >= 11 is 0. The van der Waals surface area contributed by atoms with Crippen molar-refractivity contribution in [1.82, 2.24) is 9.78 Å². The number of nitrogens with zero attached hydrogens (tertiary/aromatic N) is 2. The van der Waals surface area contributed by atoms with Crippen molar-refractivity contribution in [2.24, 2.45) is 18.4 Å². The van der Waals surface area contributed by atoms with Gasteiger partial charge in [-0.25, -0.2) is 0 Å². The molecule has 1 aromatic heterocycles. The summed E-state index contributed by atoms with van der Waals surface area (Å²) in [5.74, 6) is 0.142. The van der Waals surface area contributed by atoms with E-state index < -0.39 is 10.8 Å². The number of fused-ring (bicyclic) bond motifs is 3. The molecule has 0 spiro atoms. The number of carbonyl (C=O) groups is 2. The molecule has 1 aromatic carbocycles. The molecule has 0 amide bonds. The van der Waals surface area contributed by atoms with Crippen molar-refractivity contribution in [3.63, 3.8) is 0 Å². The van der Waals surface area contributed by atoms with Gasteiger partial charge in [0.15, 0.2) is 11.6 Å². The highest BCUT2D eigenvalue weighted by Crippen LogP contribution is 2.55. The van der Waals surface area contributed by atoms with Crippen molar-refractivity contribution in [1.29, 1.82) is 0 Å². The van der Waals surface area contributed by atoms with Gasteiger partial charge in [0.05, 0.1) is 17.0 Å². The van der Waals surface area contributed by atoms with Gasteiger partial charge >= 0.3 is 0 Å². The normalized spacial score (nSPS) is 27.0. The van der Waals surface area contributed by atoms with E-state index in [-0.39, 0.29) is 17.5 Å². The molecule has 26 heavy (non-hydrogen) atoms. The van der Waals surface area contributed by atoms with Crippen LogP contribution in [-0.2, 0) is 17.3 Å². The molecule has 0 unspecified atom stereocenters. The first kappa shape index (κ1) is 17.0. The first-order chi connectivity index (χ1) is 12.2. The summed E-state index contributed by atoms with van der Waals surface area (Å²) in [4.78, 5) is 25.9. The van der Waals surface area contributed by atoms with Gasteiger partial charge < -0.3 is 0 Å². The molecule has 0 saturated carbocycles. The number of Topliss-reactive ketones (excluding diaryl/α,β-unsaturated/α-hetero) is 2. The molecule has 4 nitrogen and oxygen atoms in total. The van der Waals surface area contributed by atoms with E-state index in [0.717, 1.165) is 22.5 Å². The molecule has 2 atom stereocenters. The van der Waals surface area contributed by atoms with E-state index in [9.17, 15) is 9.59 Å². The SMILES string of the molecule is CC1=C[C@]2(C)c3nn(C)c(-c4ccccc4)c3C(=O)C[C@H]2C(C)(C)C1=O. The molecule has 2 aliphatic rings. The molecule has 0 saturated heterocycles. The van der Waals surface area contributed by atoms with Gasteiger partial charge in [-0.1, -0.05) is 57.2 Å². The fraction of sp³-hybridized carbons (Fsp3) is 0.409. The van der Waals surface area contributed by atoms with Crippen LogP contribution in [0.5, 0.6) is 0 Å². The Balaban J connectivity index is 2.02. The summed E-state index contributed by atoms with van der Waals surface area (Å²) in [5, 5.41) is 4.80. The fourth-order valence-corrected chi connectivity index (χ4v) is 5.11. The van der Waals surface area contributed by atoms with E-state index in [0.29, 0.717) is 12.0 Å². The second-order valence-electron chi connectivity index (χ2n) is 8.40. The van der Waals surface area contributed by atoms with Gasteiger partial charge in [-0.2, -0.15) is 5.10 Å². The van der Waals surface area contributed by atoms with Gasteiger partial charge in [0.2, 0.25) is 0 Å². The lowest BCUT2D eigenvalue weighted by molar-refractivity contribution is -0.128. The van der Waals surface area contributed by atoms with Crippen LogP contribution in [0.2, 0.25) is 0 Å². The lowest BCUT2D eigenvalue weighted by atomic mass is 9.52. The Bertz CT molecular complexity index is 966. The van der Waals surface area contributed by atoms with Crippen molar-refractivity contribution in [2.45, 2.75) is 39.5 Å². The third kappa shape index (κ3) is 2.05. The monoisotopic (exact) mass is 348 g/mol. The Morgan fingerprint density at radius 2 is 1.77 bits per heavy atom. The molecule has 134 valence electrons. The van der Waals surface area contributed by atoms with Crippen molar-refractivity contribution >= 4 is 11.6 Å². The number of carbonyl (C=O) groups excluding carboxylic acids is 2. The number of allylic oxidation sites excluding steroid dienone is 2. The maximum atomic E-state index is 13.2. The summed E-state index contributed by atoms with van der Waals surface area (Å²) in [6.45, 7) is 7.94. The summed E-state index contributed by atoms with van der Waals surface area (Å²) < 4.78 is 1.82. The topological polar surface area (TPSA) is 52.0 Å². The predicted octanol–water partition coefficient (Wildman–Crippen LogP) is 4.10. The zero-order chi connectivity index (χ0) is 18.9. The molecular formula is C22H24N2O2. The third-order valence-corrected chi connectivity index (χ3v) is 6.33. The van der Waals surface area contributed by atoms with Gasteiger partial charge in [-0.15, -0.1) is 0 Å². The minimum Gasteiger partial charge on any atom is -0.294 e. The highest BCUT2D eigenvalue weighted by atomic mass is 16.1. The minimum atomic E-state index is -0.578. The smallest absolute Gasteiger partial charge is 0.167 e. The average Bonchev–Trinajstić information content (AvgIpc) is 2.95. The summed E-state index contributed by atoms with van der Waals surface area (Å²) in [6.07, 6.45) is 2.41. The van der Waals surface area contributed by atoms with E-state index in [4.69, 9.17) is 5.10 Å². The van der Waals surface area contributed by atoms with Crippen LogP contribution in [-0.4, -0.2) is 21.3 Å². The average molecular weight is 348 g/mol. The highest BCUT2D eigenvalue weighted by molar-refractivity contribution is 6.07. The van der Waals surface area contributed by atoms with Crippen LogP contribution in [0.15, 0.2) is 42.0 Å². The Kier molecular flexibility index (Phi) is 3.43. The van der Waals surface area contributed by atoms with E-state index in [1.165, 1.54) is 0 Å². The van der Waals surface area contributed by atoms with Gasteiger partial charge in [-0.3, -0.25) is 14.3 Å². The van der Waals surface area contributed by atoms with E-state index >= 15 is 0 Å². The zero-order valence-electron chi connectivity index (χ0n) is 16.0. The van der Waals surface area contributed by atoms with Crippen LogP contribution < -0.4 is 0 Å². The zero-order valence-corrected chi connectivity index (χ0v) is 16.0. The maximum absolute atomic E-state index is 13.2. The molecule has 2 aromatic rings. The maximum Gasteiger partial charge on any atom is 0.167 e. The molecular weight excluding hydrogens is 324 g/mol. The van der Waals surface area contributed by atoms with Crippen molar-refractivity contribution in [2.75, 3.05) is 0 Å². The molecule has 4 rings (SSSR count). The lowest BCUT2D eigenvalue weighted by Gasteiger charge is -2.49. The molecule has 0 radical (unpaired) electrons. The fourth-order valence-electron chi connectivity index (χ4n) is 5.11. The number of aryl methyl sites for hydroxylation is 1. The highest BCUT2D eigenvalue weighted by Gasteiger charge is 2.56. The lowest BCUT2D eigenvalue weighted by Crippen LogP contribution is -2.52. The minimum absolute atomic E-state index is 0.0790. The number of aromatic nitrogens is 2. The third-order valence-electron chi connectivity index (χ3n) is 6.33. The number of hydrogen-bond acceptors (Lipinski definition) is 3. The van der Waals surface area contributed by atoms with Gasteiger partial charge in [0.1, 0.15) is 0 Å². The van der Waals surface area contributed by atoms with Crippen LogP contribution in [0.3, 0.4) is 0 Å². The Morgan fingerprint density at radius 1 is 1.12 bits per heavy atom. The summed E-state index contributed by atoms with van der Waals surface area (Å²) in [6, 6.07) is 9.92. The summed E-state index contributed by atoms with van der Waals surface area (Å²) in [5.41, 5.74) is 3.14. The quantitative estimate of drug-likeness (QED) is 0.779. The van der Waals surface area contributed by atoms with Crippen LogP contribution in [0.25, 0.3) is 11.3 Å². The van der Waals surface area contributed by atoms with Gasteiger partial charge in [0.25, 0.3) is 0 Å². The standard InChI is InChI=1S/C22H24N2O2/c1-13-12-22(4)16(21(2,3)20(13)26)11-15(25)17-18(24(5)23-19(17)22)14-9-7-6-8-10-14/h6-10,12,16H,11H2,1-5H3/t16-,22-/m0/s1. The molecule has 4 heteroatoms. The molecule has 0 aliphatic heterocycles. The Morgan fingerprint density at radius 3 is 2.42 bits per heavy atom. The second kappa shape index (κ2) is 5.26. The molecule has 2 aliphatic carbocycles. The Hall–Kier alpha value is -2.49. The predicted molar refractivity (Wildman–Crippen MR) is 101 cm³/mol. The largest absolute Gasteiger partial charge is 0.294 e. The van der Waals surface area contributed by atoms with Crippen molar-refractivity contribution < 1.29 is 9.59 Å². The van der Waals surface area contributed by atoms with Crippen molar-refractivity contribution in [3.8, 4) is 11.3 Å². The van der Waals surface area contributed by atoms with E-state index in [2.05, 4.69) is 6.92 Å². The summed E-state index contributed by atoms with van der Waals surface area (Å²) in [7, 11) is 1.89. The second-order valence-corrected chi connectivity index (χ2v) is 8.40.